The van der Waals surface area contributed by atoms with Crippen LogP contribution in [-0.4, -0.2) is 6.04 Å². The largest absolute Gasteiger partial charge is 0.307 e. The van der Waals surface area contributed by atoms with Crippen molar-refractivity contribution in [2.24, 2.45) is 0 Å². The third kappa shape index (κ3) is 1.46. The molecule has 13 heavy (non-hydrogen) atoms. The summed E-state index contributed by atoms with van der Waals surface area (Å²) >= 11 is 0. The van der Waals surface area contributed by atoms with Gasteiger partial charge in [0.2, 0.25) is 0 Å². The van der Waals surface area contributed by atoms with Crippen molar-refractivity contribution in [3.8, 4) is 0 Å². The van der Waals surface area contributed by atoms with Crippen LogP contribution in [0.4, 0.5) is 4.39 Å². The smallest absolute Gasteiger partial charge is 0.128 e. The standard InChI is InChI=1S/C11H14FN/c1-7(2)13-10-6-8-4-3-5-9(12)11(8)10/h3-5,7,10,13H,6H2,1-2H3. The zero-order valence-electron chi connectivity index (χ0n) is 7.97. The average molecular weight is 179 g/mol. The van der Waals surface area contributed by atoms with Crippen LogP contribution in [0.3, 0.4) is 0 Å². The lowest BCUT2D eigenvalue weighted by molar-refractivity contribution is 0.414. The van der Waals surface area contributed by atoms with E-state index >= 15 is 0 Å². The van der Waals surface area contributed by atoms with E-state index in [2.05, 4.69) is 19.2 Å². The molecule has 1 aromatic carbocycles. The van der Waals surface area contributed by atoms with Gasteiger partial charge in [0.1, 0.15) is 5.82 Å². The topological polar surface area (TPSA) is 12.0 Å². The Labute approximate surface area is 78.0 Å². The molecule has 0 aliphatic heterocycles. The molecule has 2 rings (SSSR count). The molecule has 0 amide bonds. The van der Waals surface area contributed by atoms with Gasteiger partial charge >= 0.3 is 0 Å². The Kier molecular flexibility index (Phi) is 2.08. The van der Waals surface area contributed by atoms with Gasteiger partial charge < -0.3 is 5.32 Å². The fourth-order valence-electron chi connectivity index (χ4n) is 1.89. The highest BCUT2D eigenvalue weighted by Gasteiger charge is 2.28. The number of hydrogen-bond donors (Lipinski definition) is 1. The van der Waals surface area contributed by atoms with Gasteiger partial charge in [-0.25, -0.2) is 4.39 Å². The fourth-order valence-corrected chi connectivity index (χ4v) is 1.89. The molecule has 2 heteroatoms. The third-order valence-corrected chi connectivity index (χ3v) is 2.45. The van der Waals surface area contributed by atoms with Crippen LogP contribution in [-0.2, 0) is 6.42 Å². The van der Waals surface area contributed by atoms with Crippen molar-refractivity contribution < 1.29 is 4.39 Å². The second kappa shape index (κ2) is 3.11. The molecule has 0 aromatic heterocycles. The van der Waals surface area contributed by atoms with Crippen LogP contribution in [0.1, 0.15) is 31.0 Å². The summed E-state index contributed by atoms with van der Waals surface area (Å²) in [4.78, 5) is 0. The molecule has 1 N–H and O–H groups in total. The van der Waals surface area contributed by atoms with E-state index in [9.17, 15) is 4.39 Å². The molecular formula is C11H14FN. The Morgan fingerprint density at radius 1 is 1.46 bits per heavy atom. The molecule has 0 saturated carbocycles. The maximum absolute atomic E-state index is 13.3. The van der Waals surface area contributed by atoms with Gasteiger partial charge in [-0.05, 0) is 18.1 Å². The summed E-state index contributed by atoms with van der Waals surface area (Å²) in [6.45, 7) is 4.16. The van der Waals surface area contributed by atoms with Crippen LogP contribution in [0.15, 0.2) is 18.2 Å². The molecule has 0 saturated heterocycles. The van der Waals surface area contributed by atoms with Crippen molar-refractivity contribution in [3.05, 3.63) is 35.1 Å². The maximum atomic E-state index is 13.3. The third-order valence-electron chi connectivity index (χ3n) is 2.45. The van der Waals surface area contributed by atoms with Gasteiger partial charge in [0, 0.05) is 17.6 Å². The number of fused-ring (bicyclic) bond motifs is 1. The van der Waals surface area contributed by atoms with E-state index in [0.717, 1.165) is 17.5 Å². The minimum Gasteiger partial charge on any atom is -0.307 e. The first-order valence-electron chi connectivity index (χ1n) is 4.72. The second-order valence-corrected chi connectivity index (χ2v) is 3.89. The van der Waals surface area contributed by atoms with E-state index in [4.69, 9.17) is 0 Å². The molecule has 1 unspecified atom stereocenters. The van der Waals surface area contributed by atoms with E-state index in [-0.39, 0.29) is 11.9 Å². The molecule has 0 spiro atoms. The molecule has 0 bridgehead atoms. The molecule has 1 aliphatic rings. The van der Waals surface area contributed by atoms with Crippen LogP contribution in [0.5, 0.6) is 0 Å². The maximum Gasteiger partial charge on any atom is 0.128 e. The van der Waals surface area contributed by atoms with Gasteiger partial charge in [-0.15, -0.1) is 0 Å². The molecule has 1 aliphatic carbocycles. The Morgan fingerprint density at radius 2 is 2.23 bits per heavy atom. The first kappa shape index (κ1) is 8.70. The Hall–Kier alpha value is -0.890. The molecule has 0 heterocycles. The lowest BCUT2D eigenvalue weighted by Gasteiger charge is -2.32. The van der Waals surface area contributed by atoms with Crippen molar-refractivity contribution >= 4 is 0 Å². The number of nitrogens with one attached hydrogen (secondary N) is 1. The highest BCUT2D eigenvalue weighted by molar-refractivity contribution is 5.40. The zero-order chi connectivity index (χ0) is 9.42. The number of hydrogen-bond acceptors (Lipinski definition) is 1. The van der Waals surface area contributed by atoms with Crippen molar-refractivity contribution in [1.29, 1.82) is 0 Å². The summed E-state index contributed by atoms with van der Waals surface area (Å²) in [5, 5.41) is 3.34. The molecular weight excluding hydrogens is 165 g/mol. The fraction of sp³-hybridized carbons (Fsp3) is 0.455. The van der Waals surface area contributed by atoms with Crippen LogP contribution in [0, 0.1) is 5.82 Å². The quantitative estimate of drug-likeness (QED) is 0.735. The van der Waals surface area contributed by atoms with Crippen LogP contribution in [0.25, 0.3) is 0 Å². The van der Waals surface area contributed by atoms with E-state index < -0.39 is 0 Å². The van der Waals surface area contributed by atoms with E-state index in [0.29, 0.717) is 6.04 Å². The van der Waals surface area contributed by atoms with Crippen LogP contribution in [0.2, 0.25) is 0 Å². The summed E-state index contributed by atoms with van der Waals surface area (Å²) in [5.41, 5.74) is 2.02. The Balaban J connectivity index is 2.20. The first-order chi connectivity index (χ1) is 6.18. The highest BCUT2D eigenvalue weighted by atomic mass is 19.1. The van der Waals surface area contributed by atoms with Crippen molar-refractivity contribution in [2.45, 2.75) is 32.4 Å². The summed E-state index contributed by atoms with van der Waals surface area (Å²) in [7, 11) is 0. The minimum atomic E-state index is -0.0677. The molecule has 0 fully saturated rings. The van der Waals surface area contributed by atoms with E-state index in [1.165, 1.54) is 6.07 Å². The number of benzene rings is 1. The lowest BCUT2D eigenvalue weighted by Crippen LogP contribution is -2.36. The predicted octanol–water partition coefficient (Wildman–Crippen LogP) is 2.42. The minimum absolute atomic E-state index is 0.0677. The number of rotatable bonds is 2. The summed E-state index contributed by atoms with van der Waals surface area (Å²) in [5.74, 6) is -0.0677. The monoisotopic (exact) mass is 179 g/mol. The van der Waals surface area contributed by atoms with E-state index in [1.54, 1.807) is 6.07 Å². The average Bonchev–Trinajstić information content (AvgIpc) is 1.99. The predicted molar refractivity (Wildman–Crippen MR) is 51.1 cm³/mol. The van der Waals surface area contributed by atoms with Gasteiger partial charge in [-0.1, -0.05) is 26.0 Å². The molecule has 1 aromatic rings. The molecule has 1 atom stereocenters. The van der Waals surface area contributed by atoms with Gasteiger partial charge in [0.05, 0.1) is 0 Å². The Morgan fingerprint density at radius 3 is 2.85 bits per heavy atom. The molecule has 1 nitrogen and oxygen atoms in total. The second-order valence-electron chi connectivity index (χ2n) is 3.89. The van der Waals surface area contributed by atoms with Crippen LogP contribution < -0.4 is 5.32 Å². The summed E-state index contributed by atoms with van der Waals surface area (Å²) in [6, 6.07) is 5.96. The van der Waals surface area contributed by atoms with Crippen LogP contribution >= 0.6 is 0 Å². The van der Waals surface area contributed by atoms with Crippen molar-refractivity contribution in [3.63, 3.8) is 0 Å². The normalized spacial score (nSPS) is 19.8. The SMILES string of the molecule is CC(C)NC1Cc2cccc(F)c21. The van der Waals surface area contributed by atoms with Gasteiger partial charge in [0.25, 0.3) is 0 Å². The van der Waals surface area contributed by atoms with Crippen molar-refractivity contribution in [2.75, 3.05) is 0 Å². The Bertz CT molecular complexity index is 306. The van der Waals surface area contributed by atoms with Gasteiger partial charge in [0.15, 0.2) is 0 Å². The zero-order valence-corrected chi connectivity index (χ0v) is 7.97. The highest BCUT2D eigenvalue weighted by Crippen LogP contribution is 2.35. The van der Waals surface area contributed by atoms with Gasteiger partial charge in [-0.3, -0.25) is 0 Å². The van der Waals surface area contributed by atoms with Gasteiger partial charge in [-0.2, -0.15) is 0 Å². The lowest BCUT2D eigenvalue weighted by atomic mass is 9.82. The molecule has 70 valence electrons. The summed E-state index contributed by atoms with van der Waals surface area (Å²) < 4.78 is 13.3. The molecule has 0 radical (unpaired) electrons. The first-order valence-corrected chi connectivity index (χ1v) is 4.72. The number of halogens is 1. The summed E-state index contributed by atoms with van der Waals surface area (Å²) in [6.07, 6.45) is 0.964. The van der Waals surface area contributed by atoms with E-state index in [1.807, 2.05) is 6.07 Å². The van der Waals surface area contributed by atoms with Crippen molar-refractivity contribution in [1.82, 2.24) is 5.32 Å².